The molecule has 0 radical (unpaired) electrons. The maximum absolute atomic E-state index is 12.3. The fourth-order valence-corrected chi connectivity index (χ4v) is 4.08. The number of hydrogen-bond donors (Lipinski definition) is 0. The highest BCUT2D eigenvalue weighted by Crippen LogP contribution is 2.40. The van der Waals surface area contributed by atoms with Crippen LogP contribution in [0.25, 0.3) is 0 Å². The molecule has 4 aromatic rings. The van der Waals surface area contributed by atoms with Crippen molar-refractivity contribution in [3.05, 3.63) is 156 Å². The fourth-order valence-electron chi connectivity index (χ4n) is 4.08. The number of allylic oxidation sites excluding steroid dienone is 1. The molecule has 170 valence electrons. The highest BCUT2D eigenvalue weighted by molar-refractivity contribution is 5.89. The van der Waals surface area contributed by atoms with Gasteiger partial charge in [0.2, 0.25) is 0 Å². The van der Waals surface area contributed by atoms with Gasteiger partial charge in [-0.2, -0.15) is 0 Å². The van der Waals surface area contributed by atoms with Gasteiger partial charge in [0.15, 0.2) is 0 Å². The van der Waals surface area contributed by atoms with Crippen molar-refractivity contribution in [1.82, 2.24) is 0 Å². The molecule has 0 spiro atoms. The van der Waals surface area contributed by atoms with Gasteiger partial charge < -0.3 is 9.47 Å². The molecule has 3 nitrogen and oxygen atoms in total. The molecule has 0 atom stereocenters. The molecular weight excluding hydrogens is 420 g/mol. The van der Waals surface area contributed by atoms with Crippen molar-refractivity contribution in [2.45, 2.75) is 18.4 Å². The maximum Gasteiger partial charge on any atom is 0.343 e. The Bertz CT molecular complexity index is 1090. The number of carbonyl (C=O) groups is 1. The minimum Gasteiger partial charge on any atom is -0.428 e. The van der Waals surface area contributed by atoms with E-state index in [2.05, 4.69) is 43.0 Å². The van der Waals surface area contributed by atoms with Crippen LogP contribution in [0.5, 0.6) is 0 Å². The molecule has 0 aliphatic rings. The molecule has 0 aromatic heterocycles. The van der Waals surface area contributed by atoms with Crippen LogP contribution in [0.15, 0.2) is 134 Å². The molecule has 0 amide bonds. The second-order valence-corrected chi connectivity index (χ2v) is 8.03. The zero-order valence-corrected chi connectivity index (χ0v) is 19.1. The summed E-state index contributed by atoms with van der Waals surface area (Å²) < 4.78 is 12.2. The molecule has 0 fully saturated rings. The molecule has 3 heteroatoms. The first kappa shape index (κ1) is 23.2. The van der Waals surface area contributed by atoms with Crippen molar-refractivity contribution in [1.29, 1.82) is 0 Å². The number of rotatable bonds is 10. The van der Waals surface area contributed by atoms with Gasteiger partial charge in [0.05, 0.1) is 5.56 Å². The van der Waals surface area contributed by atoms with Crippen molar-refractivity contribution < 1.29 is 14.3 Å². The average molecular weight is 449 g/mol. The van der Waals surface area contributed by atoms with E-state index in [9.17, 15) is 4.79 Å². The van der Waals surface area contributed by atoms with Crippen LogP contribution in [0.3, 0.4) is 0 Å². The van der Waals surface area contributed by atoms with E-state index in [-0.39, 0.29) is 0 Å². The predicted octanol–water partition coefficient (Wildman–Crippen LogP) is 7.15. The first-order valence-electron chi connectivity index (χ1n) is 11.5. The van der Waals surface area contributed by atoms with Crippen LogP contribution < -0.4 is 0 Å². The highest BCUT2D eigenvalue weighted by Gasteiger charge is 2.37. The molecule has 4 rings (SSSR count). The van der Waals surface area contributed by atoms with Crippen LogP contribution in [0.1, 0.15) is 39.9 Å². The summed E-state index contributed by atoms with van der Waals surface area (Å²) in [6.45, 7) is 4.39. The molecule has 0 aliphatic carbocycles. The third-order valence-electron chi connectivity index (χ3n) is 5.71. The van der Waals surface area contributed by atoms with E-state index < -0.39 is 11.6 Å². The third-order valence-corrected chi connectivity index (χ3v) is 5.71. The van der Waals surface area contributed by atoms with E-state index in [1.54, 1.807) is 12.1 Å². The van der Waals surface area contributed by atoms with Crippen molar-refractivity contribution in [3.8, 4) is 0 Å². The zero-order chi connectivity index (χ0) is 23.6. The number of benzene rings is 4. The van der Waals surface area contributed by atoms with Crippen LogP contribution in [-0.2, 0) is 15.1 Å². The normalized spacial score (nSPS) is 11.1. The van der Waals surface area contributed by atoms with E-state index in [0.717, 1.165) is 16.7 Å². The molecule has 0 aliphatic heterocycles. The monoisotopic (exact) mass is 448 g/mol. The molecular formula is C31H28O3. The first-order chi connectivity index (χ1) is 16.7. The van der Waals surface area contributed by atoms with E-state index in [4.69, 9.17) is 9.47 Å². The number of hydrogen-bond acceptors (Lipinski definition) is 3. The number of ether oxygens (including phenoxy) is 2. The largest absolute Gasteiger partial charge is 0.428 e. The van der Waals surface area contributed by atoms with Crippen LogP contribution in [0.2, 0.25) is 0 Å². The van der Waals surface area contributed by atoms with E-state index in [1.165, 1.54) is 0 Å². The lowest BCUT2D eigenvalue weighted by Gasteiger charge is -2.36. The van der Waals surface area contributed by atoms with Crippen LogP contribution in [-0.4, -0.2) is 12.6 Å². The third kappa shape index (κ3) is 5.33. The van der Waals surface area contributed by atoms with Crippen molar-refractivity contribution >= 4 is 5.97 Å². The van der Waals surface area contributed by atoms with Gasteiger partial charge in [-0.3, -0.25) is 0 Å². The molecule has 0 saturated carbocycles. The van der Waals surface area contributed by atoms with Gasteiger partial charge in [-0.25, -0.2) is 4.79 Å². The molecule has 0 bridgehead atoms. The van der Waals surface area contributed by atoms with Crippen LogP contribution in [0, 0.1) is 0 Å². The van der Waals surface area contributed by atoms with Crippen LogP contribution in [0.4, 0.5) is 0 Å². The Balaban J connectivity index is 1.52. The average Bonchev–Trinajstić information content (AvgIpc) is 2.91. The molecule has 34 heavy (non-hydrogen) atoms. The SMILES string of the molecule is C=C(CCCOC(c1ccccc1)(c1ccccc1)c1ccccc1)OC(=O)c1ccccc1. The summed E-state index contributed by atoms with van der Waals surface area (Å²) in [6, 6.07) is 39.7. The summed E-state index contributed by atoms with van der Waals surface area (Å²) in [4.78, 5) is 12.3. The van der Waals surface area contributed by atoms with Gasteiger partial charge in [-0.05, 0) is 35.2 Å². The minimum atomic E-state index is -0.758. The molecule has 4 aromatic carbocycles. The number of carbonyl (C=O) groups excluding carboxylic acids is 1. The Hall–Kier alpha value is -3.95. The summed E-state index contributed by atoms with van der Waals surface area (Å²) in [7, 11) is 0. The highest BCUT2D eigenvalue weighted by atomic mass is 16.5. The molecule has 0 heterocycles. The second kappa shape index (κ2) is 11.3. The van der Waals surface area contributed by atoms with Gasteiger partial charge in [-0.1, -0.05) is 116 Å². The first-order valence-corrected chi connectivity index (χ1v) is 11.5. The Morgan fingerprint density at radius 2 is 1.06 bits per heavy atom. The van der Waals surface area contributed by atoms with Gasteiger partial charge in [0.1, 0.15) is 11.4 Å². The van der Waals surface area contributed by atoms with Crippen molar-refractivity contribution in [3.63, 3.8) is 0 Å². The van der Waals surface area contributed by atoms with Crippen LogP contribution >= 0.6 is 0 Å². The zero-order valence-electron chi connectivity index (χ0n) is 19.1. The quantitative estimate of drug-likeness (QED) is 0.112. The molecule has 0 unspecified atom stereocenters. The summed E-state index contributed by atoms with van der Waals surface area (Å²) in [6.07, 6.45) is 1.18. The topological polar surface area (TPSA) is 35.5 Å². The van der Waals surface area contributed by atoms with E-state index in [0.29, 0.717) is 30.8 Å². The summed E-state index contributed by atoms with van der Waals surface area (Å²) in [5.41, 5.74) is 2.92. The van der Waals surface area contributed by atoms with E-state index in [1.807, 2.05) is 72.8 Å². The predicted molar refractivity (Wildman–Crippen MR) is 135 cm³/mol. The molecule has 0 N–H and O–H groups in total. The Morgan fingerprint density at radius 3 is 1.50 bits per heavy atom. The summed E-state index contributed by atoms with van der Waals surface area (Å²) in [5, 5.41) is 0. The Labute approximate surface area is 201 Å². The molecule has 0 saturated heterocycles. The Morgan fingerprint density at radius 1 is 0.647 bits per heavy atom. The lowest BCUT2D eigenvalue weighted by Crippen LogP contribution is -2.33. The fraction of sp³-hybridized carbons (Fsp3) is 0.129. The lowest BCUT2D eigenvalue weighted by molar-refractivity contribution is 0.0102. The van der Waals surface area contributed by atoms with E-state index >= 15 is 0 Å². The van der Waals surface area contributed by atoms with Crippen molar-refractivity contribution in [2.24, 2.45) is 0 Å². The lowest BCUT2D eigenvalue weighted by atomic mass is 9.80. The minimum absolute atomic E-state index is 0.390. The smallest absolute Gasteiger partial charge is 0.343 e. The second-order valence-electron chi connectivity index (χ2n) is 8.03. The van der Waals surface area contributed by atoms with Gasteiger partial charge >= 0.3 is 5.97 Å². The number of esters is 1. The standard InChI is InChI=1S/C31H28O3/c1-25(34-30(32)26-16-6-2-7-17-26)15-14-24-33-31(27-18-8-3-9-19-27,28-20-10-4-11-21-28)29-22-12-5-13-23-29/h2-13,16-23H,1,14-15,24H2. The summed E-state index contributed by atoms with van der Waals surface area (Å²) in [5.74, 6) is 0.0425. The van der Waals surface area contributed by atoms with Gasteiger partial charge in [-0.15, -0.1) is 0 Å². The van der Waals surface area contributed by atoms with Gasteiger partial charge in [0, 0.05) is 13.0 Å². The summed E-state index contributed by atoms with van der Waals surface area (Å²) >= 11 is 0. The van der Waals surface area contributed by atoms with Gasteiger partial charge in [0.25, 0.3) is 0 Å². The maximum atomic E-state index is 12.3. The Kier molecular flexibility index (Phi) is 7.69. The van der Waals surface area contributed by atoms with Crippen molar-refractivity contribution in [2.75, 3.05) is 6.61 Å².